The number of nitrogens with zero attached hydrogens (tertiary/aromatic N) is 2. The van der Waals surface area contributed by atoms with Gasteiger partial charge in [0.1, 0.15) is 0 Å². The fourth-order valence-electron chi connectivity index (χ4n) is 2.22. The van der Waals surface area contributed by atoms with Crippen LogP contribution in [0, 0.1) is 5.92 Å². The van der Waals surface area contributed by atoms with Crippen molar-refractivity contribution >= 4 is 12.0 Å². The monoisotopic (exact) mass is 245 g/mol. The maximum absolute atomic E-state index is 12.0. The Hall–Kier alpha value is -1.68. The van der Waals surface area contributed by atoms with E-state index in [9.17, 15) is 4.79 Å². The Morgan fingerprint density at radius 2 is 2.50 bits per heavy atom. The molecule has 1 fully saturated rings. The van der Waals surface area contributed by atoms with Gasteiger partial charge in [-0.25, -0.2) is 0 Å². The fourth-order valence-corrected chi connectivity index (χ4v) is 2.22. The molecule has 1 aliphatic heterocycles. The zero-order valence-electron chi connectivity index (χ0n) is 10.7. The number of rotatable bonds is 4. The van der Waals surface area contributed by atoms with Crippen LogP contribution < -0.4 is 5.32 Å². The van der Waals surface area contributed by atoms with Crippen LogP contribution in [0.25, 0.3) is 6.08 Å². The lowest BCUT2D eigenvalue weighted by Gasteiger charge is -2.14. The lowest BCUT2D eigenvalue weighted by molar-refractivity contribution is -0.125. The topological polar surface area (TPSA) is 45.2 Å². The number of carbonyl (C=O) groups is 1. The maximum atomic E-state index is 12.0. The number of amides is 1. The molecule has 1 atom stereocenters. The van der Waals surface area contributed by atoms with Crippen molar-refractivity contribution in [1.29, 1.82) is 0 Å². The summed E-state index contributed by atoms with van der Waals surface area (Å²) in [5.74, 6) is 0.668. The molecule has 1 N–H and O–H groups in total. The normalized spacial score (nSPS) is 19.6. The summed E-state index contributed by atoms with van der Waals surface area (Å²) in [7, 11) is 1.95. The fraction of sp³-hybridized carbons (Fsp3) is 0.429. The lowest BCUT2D eigenvalue weighted by atomic mass is 10.1. The van der Waals surface area contributed by atoms with Crippen molar-refractivity contribution in [3.63, 3.8) is 0 Å². The summed E-state index contributed by atoms with van der Waals surface area (Å²) in [6.07, 6.45) is 6.20. The molecule has 18 heavy (non-hydrogen) atoms. The second kappa shape index (κ2) is 6.31. The summed E-state index contributed by atoms with van der Waals surface area (Å²) < 4.78 is 0. The smallest absolute Gasteiger partial charge is 0.246 e. The van der Waals surface area contributed by atoms with Gasteiger partial charge in [-0.2, -0.15) is 0 Å². The first-order chi connectivity index (χ1) is 8.79. The summed E-state index contributed by atoms with van der Waals surface area (Å²) in [5.41, 5.74) is 0.817. The van der Waals surface area contributed by atoms with Crippen LogP contribution in [-0.2, 0) is 4.79 Å². The SMILES string of the molecule is CNCC1CCN(C(=O)C=Cc2ccccn2)C1. The Bertz CT molecular complexity index is 416. The molecular weight excluding hydrogens is 226 g/mol. The van der Waals surface area contributed by atoms with Crippen LogP contribution in [0.1, 0.15) is 12.1 Å². The van der Waals surface area contributed by atoms with E-state index < -0.39 is 0 Å². The third-order valence-corrected chi connectivity index (χ3v) is 3.17. The Kier molecular flexibility index (Phi) is 4.47. The minimum absolute atomic E-state index is 0.0826. The van der Waals surface area contributed by atoms with E-state index in [1.165, 1.54) is 0 Å². The van der Waals surface area contributed by atoms with Crippen molar-refractivity contribution in [2.45, 2.75) is 6.42 Å². The van der Waals surface area contributed by atoms with Crippen LogP contribution in [0.4, 0.5) is 0 Å². The van der Waals surface area contributed by atoms with Gasteiger partial charge in [0.25, 0.3) is 0 Å². The largest absolute Gasteiger partial charge is 0.339 e. The summed E-state index contributed by atoms with van der Waals surface area (Å²) in [6, 6.07) is 5.66. The zero-order chi connectivity index (χ0) is 12.8. The van der Waals surface area contributed by atoms with E-state index in [1.807, 2.05) is 30.1 Å². The van der Waals surface area contributed by atoms with Crippen molar-refractivity contribution in [2.24, 2.45) is 5.92 Å². The highest BCUT2D eigenvalue weighted by molar-refractivity contribution is 5.91. The number of nitrogens with one attached hydrogen (secondary N) is 1. The second-order valence-corrected chi connectivity index (χ2v) is 4.58. The molecular formula is C14H19N3O. The predicted octanol–water partition coefficient (Wildman–Crippen LogP) is 1.16. The van der Waals surface area contributed by atoms with Crippen LogP contribution in [0.3, 0.4) is 0 Å². The Balaban J connectivity index is 1.87. The van der Waals surface area contributed by atoms with E-state index in [0.29, 0.717) is 5.92 Å². The van der Waals surface area contributed by atoms with Crippen molar-refractivity contribution in [3.8, 4) is 0 Å². The average molecular weight is 245 g/mol. The summed E-state index contributed by atoms with van der Waals surface area (Å²) in [4.78, 5) is 18.0. The summed E-state index contributed by atoms with van der Waals surface area (Å²) in [5, 5.41) is 3.16. The molecule has 1 aromatic heterocycles. The standard InChI is InChI=1S/C14H19N3O/c1-15-10-12-7-9-17(11-12)14(18)6-5-13-4-2-3-8-16-13/h2-6,8,12,15H,7,9-11H2,1H3. The lowest BCUT2D eigenvalue weighted by Crippen LogP contribution is -2.28. The maximum Gasteiger partial charge on any atom is 0.246 e. The molecule has 2 heterocycles. The number of hydrogen-bond acceptors (Lipinski definition) is 3. The van der Waals surface area contributed by atoms with Gasteiger partial charge in [-0.15, -0.1) is 0 Å². The number of likely N-dealkylation sites (tertiary alicyclic amines) is 1. The first kappa shape index (κ1) is 12.8. The third kappa shape index (κ3) is 3.40. The van der Waals surface area contributed by atoms with Gasteiger partial charge in [0.2, 0.25) is 5.91 Å². The van der Waals surface area contributed by atoms with Gasteiger partial charge in [0.05, 0.1) is 5.69 Å². The molecule has 0 radical (unpaired) electrons. The number of pyridine rings is 1. The highest BCUT2D eigenvalue weighted by Gasteiger charge is 2.24. The van der Waals surface area contributed by atoms with E-state index >= 15 is 0 Å². The van der Waals surface area contributed by atoms with E-state index in [0.717, 1.165) is 31.7 Å². The molecule has 0 spiro atoms. The quantitative estimate of drug-likeness (QED) is 0.810. The number of aromatic nitrogens is 1. The van der Waals surface area contributed by atoms with Gasteiger partial charge < -0.3 is 10.2 Å². The van der Waals surface area contributed by atoms with Crippen molar-refractivity contribution in [1.82, 2.24) is 15.2 Å². The Morgan fingerprint density at radius 3 is 3.22 bits per heavy atom. The van der Waals surface area contributed by atoms with Crippen LogP contribution >= 0.6 is 0 Å². The van der Waals surface area contributed by atoms with Crippen molar-refractivity contribution in [3.05, 3.63) is 36.2 Å². The van der Waals surface area contributed by atoms with Crippen LogP contribution in [0.2, 0.25) is 0 Å². The zero-order valence-corrected chi connectivity index (χ0v) is 10.7. The van der Waals surface area contributed by atoms with Gasteiger partial charge in [-0.3, -0.25) is 9.78 Å². The van der Waals surface area contributed by atoms with E-state index in [4.69, 9.17) is 0 Å². The molecule has 1 aliphatic rings. The van der Waals surface area contributed by atoms with E-state index in [-0.39, 0.29) is 5.91 Å². The molecule has 0 aromatic carbocycles. The first-order valence-corrected chi connectivity index (χ1v) is 6.32. The molecule has 4 heteroatoms. The third-order valence-electron chi connectivity index (χ3n) is 3.17. The van der Waals surface area contributed by atoms with Crippen molar-refractivity contribution < 1.29 is 4.79 Å². The highest BCUT2D eigenvalue weighted by Crippen LogP contribution is 2.15. The minimum atomic E-state index is 0.0826. The molecule has 1 unspecified atom stereocenters. The average Bonchev–Trinajstić information content (AvgIpc) is 2.86. The molecule has 1 saturated heterocycles. The van der Waals surface area contributed by atoms with E-state index in [2.05, 4.69) is 10.3 Å². The number of hydrogen-bond donors (Lipinski definition) is 1. The van der Waals surface area contributed by atoms with Crippen LogP contribution in [-0.4, -0.2) is 42.5 Å². The number of carbonyl (C=O) groups excluding carboxylic acids is 1. The summed E-state index contributed by atoms with van der Waals surface area (Å²) in [6.45, 7) is 2.69. The molecule has 2 rings (SSSR count). The Morgan fingerprint density at radius 1 is 1.61 bits per heavy atom. The molecule has 96 valence electrons. The minimum Gasteiger partial charge on any atom is -0.339 e. The van der Waals surface area contributed by atoms with Gasteiger partial charge >= 0.3 is 0 Å². The molecule has 1 amide bonds. The van der Waals surface area contributed by atoms with E-state index in [1.54, 1.807) is 18.3 Å². The highest BCUT2D eigenvalue weighted by atomic mass is 16.2. The second-order valence-electron chi connectivity index (χ2n) is 4.58. The molecule has 0 bridgehead atoms. The molecule has 0 saturated carbocycles. The van der Waals surface area contributed by atoms with Crippen LogP contribution in [0.15, 0.2) is 30.5 Å². The van der Waals surface area contributed by atoms with Crippen molar-refractivity contribution in [2.75, 3.05) is 26.7 Å². The van der Waals surface area contributed by atoms with Gasteiger partial charge in [0, 0.05) is 25.4 Å². The van der Waals surface area contributed by atoms with Gasteiger partial charge in [0.15, 0.2) is 0 Å². The summed E-state index contributed by atoms with van der Waals surface area (Å²) >= 11 is 0. The first-order valence-electron chi connectivity index (χ1n) is 6.32. The van der Waals surface area contributed by atoms with Gasteiger partial charge in [-0.1, -0.05) is 6.07 Å². The molecule has 4 nitrogen and oxygen atoms in total. The van der Waals surface area contributed by atoms with Gasteiger partial charge in [-0.05, 0) is 44.1 Å². The van der Waals surface area contributed by atoms with Crippen LogP contribution in [0.5, 0.6) is 0 Å². The molecule has 0 aliphatic carbocycles. The Labute approximate surface area is 108 Å². The molecule has 1 aromatic rings. The predicted molar refractivity (Wildman–Crippen MR) is 71.9 cm³/mol.